The van der Waals surface area contributed by atoms with E-state index in [9.17, 15) is 8.78 Å². The van der Waals surface area contributed by atoms with Crippen LogP contribution in [0.5, 0.6) is 0 Å². The molecule has 4 atom stereocenters. The van der Waals surface area contributed by atoms with Crippen molar-refractivity contribution >= 4 is 0 Å². The fourth-order valence-electron chi connectivity index (χ4n) is 7.03. The maximum Gasteiger partial charge on any atom is 0.123 e. The van der Waals surface area contributed by atoms with Gasteiger partial charge in [-0.1, -0.05) is 84.9 Å². The van der Waals surface area contributed by atoms with Crippen LogP contribution in [0.2, 0.25) is 0 Å². The summed E-state index contributed by atoms with van der Waals surface area (Å²) in [7, 11) is 0. The SMILES string of the molecule is Fc1ccc([C@@H]2[C@H]3CC[C@@H](C[C@H]2c2ccc(F)cc2)N3CCC(c2ccccc2)c2ccccc2)cc1. The van der Waals surface area contributed by atoms with Crippen LogP contribution >= 0.6 is 0 Å². The molecule has 3 heteroatoms. The average Bonchev–Trinajstić information content (AvgIpc) is 3.22. The highest BCUT2D eigenvalue weighted by molar-refractivity contribution is 5.35. The molecule has 0 aromatic heterocycles. The van der Waals surface area contributed by atoms with Gasteiger partial charge < -0.3 is 0 Å². The van der Waals surface area contributed by atoms with Crippen LogP contribution in [0.15, 0.2) is 109 Å². The summed E-state index contributed by atoms with van der Waals surface area (Å²) in [4.78, 5) is 2.74. The monoisotopic (exact) mass is 493 g/mol. The molecule has 2 heterocycles. The molecule has 2 fully saturated rings. The Labute approximate surface area is 218 Å². The van der Waals surface area contributed by atoms with Gasteiger partial charge in [0.2, 0.25) is 0 Å². The minimum absolute atomic E-state index is 0.199. The molecular formula is C34H33F2N. The number of benzene rings is 4. The maximum absolute atomic E-state index is 13.9. The predicted octanol–water partition coefficient (Wildman–Crippen LogP) is 8.29. The lowest BCUT2D eigenvalue weighted by Gasteiger charge is -2.46. The Hall–Kier alpha value is -3.30. The fraction of sp³-hybridized carbons (Fsp3) is 0.294. The van der Waals surface area contributed by atoms with Crippen LogP contribution in [0.4, 0.5) is 8.78 Å². The number of hydrogen-bond acceptors (Lipinski definition) is 1. The molecule has 0 saturated carbocycles. The van der Waals surface area contributed by atoms with Gasteiger partial charge in [0.25, 0.3) is 0 Å². The van der Waals surface area contributed by atoms with Gasteiger partial charge in [0.15, 0.2) is 0 Å². The van der Waals surface area contributed by atoms with Crippen molar-refractivity contribution < 1.29 is 8.78 Å². The molecule has 2 bridgehead atoms. The van der Waals surface area contributed by atoms with E-state index in [0.29, 0.717) is 23.9 Å². The Morgan fingerprint density at radius 1 is 0.649 bits per heavy atom. The first-order valence-electron chi connectivity index (χ1n) is 13.5. The number of piperidine rings is 1. The first-order chi connectivity index (χ1) is 18.2. The molecule has 0 unspecified atom stereocenters. The quantitative estimate of drug-likeness (QED) is 0.250. The van der Waals surface area contributed by atoms with Crippen molar-refractivity contribution in [3.8, 4) is 0 Å². The van der Waals surface area contributed by atoms with Crippen LogP contribution in [0.25, 0.3) is 0 Å². The van der Waals surface area contributed by atoms with Crippen molar-refractivity contribution in [3.63, 3.8) is 0 Å². The first-order valence-corrected chi connectivity index (χ1v) is 13.5. The second-order valence-electron chi connectivity index (χ2n) is 10.7. The molecule has 0 aliphatic carbocycles. The Balaban J connectivity index is 1.30. The molecule has 1 nitrogen and oxygen atoms in total. The van der Waals surface area contributed by atoms with E-state index in [4.69, 9.17) is 0 Å². The molecule has 2 aliphatic rings. The largest absolute Gasteiger partial charge is 0.297 e. The Kier molecular flexibility index (Phi) is 6.89. The minimum Gasteiger partial charge on any atom is -0.297 e. The fourth-order valence-corrected chi connectivity index (χ4v) is 7.03. The lowest BCUT2D eigenvalue weighted by Crippen LogP contribution is -2.47. The zero-order chi connectivity index (χ0) is 25.2. The highest BCUT2D eigenvalue weighted by atomic mass is 19.1. The molecule has 6 rings (SSSR count). The smallest absolute Gasteiger partial charge is 0.123 e. The standard InChI is InChI=1S/C34H33F2N/c35-28-15-11-26(12-16-28)32-23-30-19-20-33(34(32)27-13-17-29(36)18-14-27)37(30)22-21-31(24-7-3-1-4-8-24)25-9-5-2-6-10-25/h1-18,30-34H,19-23H2/t30-,32-,33+,34-/m0/s1. The first kappa shape index (κ1) is 24.1. The molecule has 37 heavy (non-hydrogen) atoms. The maximum atomic E-state index is 13.9. The summed E-state index contributed by atoms with van der Waals surface area (Å²) in [6, 6.07) is 36.7. The van der Waals surface area contributed by atoms with Crippen molar-refractivity contribution in [2.75, 3.05) is 6.54 Å². The number of fused-ring (bicyclic) bond motifs is 2. The lowest BCUT2D eigenvalue weighted by atomic mass is 9.72. The summed E-state index contributed by atoms with van der Waals surface area (Å²) in [6.07, 6.45) is 4.43. The van der Waals surface area contributed by atoms with Crippen LogP contribution in [0.1, 0.15) is 65.7 Å². The summed E-state index contributed by atoms with van der Waals surface area (Å²) < 4.78 is 27.6. The molecule has 4 aromatic rings. The van der Waals surface area contributed by atoms with Crippen molar-refractivity contribution in [1.29, 1.82) is 0 Å². The van der Waals surface area contributed by atoms with Gasteiger partial charge in [-0.15, -0.1) is 0 Å². The third kappa shape index (κ3) is 4.98. The van der Waals surface area contributed by atoms with Gasteiger partial charge in [-0.3, -0.25) is 4.90 Å². The van der Waals surface area contributed by atoms with E-state index in [-0.39, 0.29) is 17.6 Å². The van der Waals surface area contributed by atoms with Crippen LogP contribution in [0.3, 0.4) is 0 Å². The van der Waals surface area contributed by atoms with Crippen molar-refractivity contribution in [1.82, 2.24) is 4.90 Å². The van der Waals surface area contributed by atoms with Crippen LogP contribution in [-0.2, 0) is 0 Å². The number of hydrogen-bond donors (Lipinski definition) is 0. The highest BCUT2D eigenvalue weighted by Crippen LogP contribution is 2.51. The second-order valence-corrected chi connectivity index (χ2v) is 10.7. The topological polar surface area (TPSA) is 3.24 Å². The van der Waals surface area contributed by atoms with Gasteiger partial charge in [-0.2, -0.15) is 0 Å². The average molecular weight is 494 g/mol. The van der Waals surface area contributed by atoms with E-state index in [1.165, 1.54) is 28.7 Å². The van der Waals surface area contributed by atoms with E-state index in [1.54, 1.807) is 24.3 Å². The van der Waals surface area contributed by atoms with Gasteiger partial charge in [0.05, 0.1) is 0 Å². The number of halogens is 2. The van der Waals surface area contributed by atoms with Gasteiger partial charge in [0.1, 0.15) is 11.6 Å². The number of rotatable bonds is 7. The third-order valence-electron chi connectivity index (χ3n) is 8.70. The van der Waals surface area contributed by atoms with E-state index < -0.39 is 0 Å². The molecule has 0 amide bonds. The summed E-state index contributed by atoms with van der Waals surface area (Å²) in [5.74, 6) is 0.513. The van der Waals surface area contributed by atoms with Crippen molar-refractivity contribution in [2.45, 2.75) is 55.5 Å². The molecule has 0 radical (unpaired) electrons. The van der Waals surface area contributed by atoms with E-state index >= 15 is 0 Å². The van der Waals surface area contributed by atoms with Gasteiger partial charge in [-0.25, -0.2) is 8.78 Å². The normalized spacial score (nSPS) is 23.4. The zero-order valence-corrected chi connectivity index (χ0v) is 21.0. The highest BCUT2D eigenvalue weighted by Gasteiger charge is 2.47. The van der Waals surface area contributed by atoms with Gasteiger partial charge >= 0.3 is 0 Å². The molecule has 2 aliphatic heterocycles. The molecule has 0 N–H and O–H groups in total. The van der Waals surface area contributed by atoms with Crippen LogP contribution in [0, 0.1) is 11.6 Å². The van der Waals surface area contributed by atoms with Crippen molar-refractivity contribution in [2.24, 2.45) is 0 Å². The van der Waals surface area contributed by atoms with Crippen LogP contribution in [-0.4, -0.2) is 23.5 Å². The Bertz CT molecular complexity index is 1250. The predicted molar refractivity (Wildman–Crippen MR) is 146 cm³/mol. The molecule has 2 saturated heterocycles. The van der Waals surface area contributed by atoms with E-state index in [2.05, 4.69) is 65.6 Å². The molecule has 0 spiro atoms. The second kappa shape index (κ2) is 10.6. The summed E-state index contributed by atoms with van der Waals surface area (Å²) >= 11 is 0. The van der Waals surface area contributed by atoms with Gasteiger partial charge in [0, 0.05) is 23.9 Å². The summed E-state index contributed by atoms with van der Waals surface area (Å²) in [5, 5.41) is 0. The Morgan fingerprint density at radius 2 is 1.19 bits per heavy atom. The minimum atomic E-state index is -0.201. The summed E-state index contributed by atoms with van der Waals surface area (Å²) in [5.41, 5.74) is 5.10. The van der Waals surface area contributed by atoms with Gasteiger partial charge in [-0.05, 0) is 84.7 Å². The molecular weight excluding hydrogens is 460 g/mol. The Morgan fingerprint density at radius 3 is 1.76 bits per heavy atom. The molecule has 188 valence electrons. The molecule has 4 aromatic carbocycles. The zero-order valence-electron chi connectivity index (χ0n) is 21.0. The van der Waals surface area contributed by atoms with Crippen molar-refractivity contribution in [3.05, 3.63) is 143 Å². The van der Waals surface area contributed by atoms with E-state index in [0.717, 1.165) is 25.8 Å². The number of nitrogens with zero attached hydrogens (tertiary/aromatic N) is 1. The third-order valence-corrected chi connectivity index (χ3v) is 8.70. The van der Waals surface area contributed by atoms with E-state index in [1.807, 2.05) is 24.3 Å². The lowest BCUT2D eigenvalue weighted by molar-refractivity contribution is 0.103. The summed E-state index contributed by atoms with van der Waals surface area (Å²) in [6.45, 7) is 1.03. The van der Waals surface area contributed by atoms with Crippen LogP contribution < -0.4 is 0 Å².